The molecule has 1 saturated carbocycles. The Morgan fingerprint density at radius 2 is 1.75 bits per heavy atom. The lowest BCUT2D eigenvalue weighted by molar-refractivity contribution is -0.0990. The van der Waals surface area contributed by atoms with Crippen LogP contribution in [0, 0.1) is 17.6 Å². The van der Waals surface area contributed by atoms with E-state index in [1.807, 2.05) is 0 Å². The van der Waals surface area contributed by atoms with Gasteiger partial charge in [0.1, 0.15) is 11.6 Å². The molecule has 0 radical (unpaired) electrons. The molecule has 1 saturated heterocycles. The largest absolute Gasteiger partial charge is 0.390 e. The summed E-state index contributed by atoms with van der Waals surface area (Å²) in [7, 11) is 0. The zero-order valence-electron chi connectivity index (χ0n) is 10.8. The molecule has 0 aromatic heterocycles. The van der Waals surface area contributed by atoms with Crippen molar-refractivity contribution in [2.24, 2.45) is 5.92 Å². The molecule has 4 nitrogen and oxygen atoms in total. The van der Waals surface area contributed by atoms with Gasteiger partial charge in [0.15, 0.2) is 0 Å². The maximum absolute atomic E-state index is 13.3. The van der Waals surface area contributed by atoms with Gasteiger partial charge >= 0.3 is 0 Å². The minimum atomic E-state index is -1.24. The number of aliphatic hydroxyl groups is 3. The topological polar surface area (TPSA) is 72.7 Å². The Morgan fingerprint density at radius 3 is 2.30 bits per heavy atom. The molecule has 0 amide bonds. The van der Waals surface area contributed by atoms with Gasteiger partial charge in [-0.1, -0.05) is 0 Å². The van der Waals surface area contributed by atoms with Gasteiger partial charge in [0.05, 0.1) is 18.3 Å². The molecule has 1 aliphatic carbocycles. The Morgan fingerprint density at radius 1 is 1.15 bits per heavy atom. The monoisotopic (exact) mass is 285 g/mol. The second kappa shape index (κ2) is 4.73. The van der Waals surface area contributed by atoms with Crippen LogP contribution in [0.3, 0.4) is 0 Å². The fourth-order valence-corrected chi connectivity index (χ4v) is 3.20. The van der Waals surface area contributed by atoms with Crippen molar-refractivity contribution in [3.8, 4) is 0 Å². The molecule has 2 aliphatic rings. The standard InChI is InChI=1S/C14H17F2NO3/c15-8-3-7(4-9(16)5-8)12(19)11-13(20)10(18)6-17-14(11)1-2-14/h3-5,10-13,17-20H,1-2,6H2/t10-,11-,12?,13+/m1/s1. The molecule has 2 fully saturated rings. The average molecular weight is 285 g/mol. The summed E-state index contributed by atoms with van der Waals surface area (Å²) in [4.78, 5) is 0. The highest BCUT2D eigenvalue weighted by molar-refractivity contribution is 5.25. The Hall–Kier alpha value is -1.08. The van der Waals surface area contributed by atoms with E-state index in [4.69, 9.17) is 0 Å². The molecule has 1 aromatic rings. The Balaban J connectivity index is 1.93. The summed E-state index contributed by atoms with van der Waals surface area (Å²) in [6, 6.07) is 2.84. The molecular weight excluding hydrogens is 268 g/mol. The molecule has 4 atom stereocenters. The van der Waals surface area contributed by atoms with Crippen molar-refractivity contribution in [3.63, 3.8) is 0 Å². The second-order valence-electron chi connectivity index (χ2n) is 5.77. The minimum Gasteiger partial charge on any atom is -0.390 e. The van der Waals surface area contributed by atoms with E-state index in [-0.39, 0.29) is 12.1 Å². The van der Waals surface area contributed by atoms with E-state index in [1.165, 1.54) is 0 Å². The van der Waals surface area contributed by atoms with E-state index in [2.05, 4.69) is 5.32 Å². The SMILES string of the molecule is OC(c1cc(F)cc(F)c1)[C@@H]1[C@@H](O)[C@H](O)CNC12CC2. The molecule has 1 spiro atoms. The summed E-state index contributed by atoms with van der Waals surface area (Å²) < 4.78 is 26.5. The lowest BCUT2D eigenvalue weighted by Gasteiger charge is -2.42. The number of rotatable bonds is 2. The van der Waals surface area contributed by atoms with Crippen molar-refractivity contribution in [1.29, 1.82) is 0 Å². The summed E-state index contributed by atoms with van der Waals surface area (Å²) in [6.07, 6.45) is -1.84. The van der Waals surface area contributed by atoms with E-state index in [1.54, 1.807) is 0 Å². The van der Waals surface area contributed by atoms with Crippen molar-refractivity contribution in [2.45, 2.75) is 36.7 Å². The first kappa shape index (κ1) is 13.9. The summed E-state index contributed by atoms with van der Waals surface area (Å²) in [5, 5.41) is 33.4. The van der Waals surface area contributed by atoms with Gasteiger partial charge in [-0.3, -0.25) is 0 Å². The number of hydrogen-bond acceptors (Lipinski definition) is 4. The van der Waals surface area contributed by atoms with Gasteiger partial charge < -0.3 is 20.6 Å². The molecule has 1 unspecified atom stereocenters. The number of piperidine rings is 1. The van der Waals surface area contributed by atoms with Crippen LogP contribution < -0.4 is 5.32 Å². The van der Waals surface area contributed by atoms with Crippen LogP contribution in [0.15, 0.2) is 18.2 Å². The van der Waals surface area contributed by atoms with Crippen molar-refractivity contribution in [1.82, 2.24) is 5.32 Å². The Labute approximate surface area is 115 Å². The van der Waals surface area contributed by atoms with Crippen LogP contribution in [-0.4, -0.2) is 39.6 Å². The van der Waals surface area contributed by atoms with Gasteiger partial charge in [-0.2, -0.15) is 0 Å². The predicted molar refractivity (Wildman–Crippen MR) is 66.8 cm³/mol. The van der Waals surface area contributed by atoms with Crippen molar-refractivity contribution in [3.05, 3.63) is 35.4 Å². The van der Waals surface area contributed by atoms with E-state index in [0.29, 0.717) is 0 Å². The highest BCUT2D eigenvalue weighted by Crippen LogP contribution is 2.51. The Bertz CT molecular complexity index is 501. The molecule has 110 valence electrons. The molecular formula is C14H17F2NO3. The maximum atomic E-state index is 13.3. The average Bonchev–Trinajstić information content (AvgIpc) is 3.14. The summed E-state index contributed by atoms with van der Waals surface area (Å²) >= 11 is 0. The quantitative estimate of drug-likeness (QED) is 0.637. The third-order valence-corrected chi connectivity index (χ3v) is 4.42. The number of hydrogen-bond donors (Lipinski definition) is 4. The van der Waals surface area contributed by atoms with E-state index in [0.717, 1.165) is 31.0 Å². The normalized spacial score (nSPS) is 33.1. The smallest absolute Gasteiger partial charge is 0.126 e. The van der Waals surface area contributed by atoms with Gasteiger partial charge in [-0.25, -0.2) is 8.78 Å². The molecule has 1 aromatic carbocycles. The number of aliphatic hydroxyl groups excluding tert-OH is 3. The van der Waals surface area contributed by atoms with E-state index in [9.17, 15) is 24.1 Å². The third kappa shape index (κ3) is 2.22. The fourth-order valence-electron chi connectivity index (χ4n) is 3.20. The lowest BCUT2D eigenvalue weighted by Crippen LogP contribution is -2.59. The predicted octanol–water partition coefficient (Wildman–Crippen LogP) is 0.472. The first-order chi connectivity index (χ1) is 9.43. The van der Waals surface area contributed by atoms with Crippen LogP contribution in [0.1, 0.15) is 24.5 Å². The maximum Gasteiger partial charge on any atom is 0.126 e. The molecule has 3 rings (SSSR count). The number of benzene rings is 1. The van der Waals surface area contributed by atoms with Crippen LogP contribution in [-0.2, 0) is 0 Å². The number of halogens is 2. The minimum absolute atomic E-state index is 0.0775. The zero-order chi connectivity index (χ0) is 14.5. The molecule has 6 heteroatoms. The number of β-amino-alcohol motifs (C(OH)–C–C–N with tert-alkyl or cyclic N) is 1. The van der Waals surface area contributed by atoms with Crippen LogP contribution in [0.2, 0.25) is 0 Å². The van der Waals surface area contributed by atoms with Crippen molar-refractivity contribution >= 4 is 0 Å². The first-order valence-electron chi connectivity index (χ1n) is 6.68. The van der Waals surface area contributed by atoms with Gasteiger partial charge in [0.2, 0.25) is 0 Å². The van der Waals surface area contributed by atoms with Crippen LogP contribution >= 0.6 is 0 Å². The van der Waals surface area contributed by atoms with Gasteiger partial charge in [-0.05, 0) is 30.5 Å². The van der Waals surface area contributed by atoms with Gasteiger partial charge in [0, 0.05) is 24.1 Å². The molecule has 4 N–H and O–H groups in total. The summed E-state index contributed by atoms with van der Waals surface area (Å²) in [5.41, 5.74) is -0.366. The van der Waals surface area contributed by atoms with E-state index < -0.39 is 41.4 Å². The second-order valence-corrected chi connectivity index (χ2v) is 5.77. The molecule has 1 aliphatic heterocycles. The summed E-state index contributed by atoms with van der Waals surface area (Å²) in [5.74, 6) is -2.24. The molecule has 20 heavy (non-hydrogen) atoms. The molecule has 1 heterocycles. The van der Waals surface area contributed by atoms with Gasteiger partial charge in [0.25, 0.3) is 0 Å². The first-order valence-corrected chi connectivity index (χ1v) is 6.68. The van der Waals surface area contributed by atoms with Crippen LogP contribution in [0.25, 0.3) is 0 Å². The van der Waals surface area contributed by atoms with Crippen LogP contribution in [0.4, 0.5) is 8.78 Å². The fraction of sp³-hybridized carbons (Fsp3) is 0.571. The van der Waals surface area contributed by atoms with Gasteiger partial charge in [-0.15, -0.1) is 0 Å². The van der Waals surface area contributed by atoms with Crippen molar-refractivity contribution < 1.29 is 24.1 Å². The van der Waals surface area contributed by atoms with Crippen molar-refractivity contribution in [2.75, 3.05) is 6.54 Å². The lowest BCUT2D eigenvalue weighted by atomic mass is 9.78. The highest BCUT2D eigenvalue weighted by Gasteiger charge is 2.58. The Kier molecular flexibility index (Phi) is 3.29. The third-order valence-electron chi connectivity index (χ3n) is 4.42. The highest BCUT2D eigenvalue weighted by atomic mass is 19.1. The van der Waals surface area contributed by atoms with E-state index >= 15 is 0 Å². The van der Waals surface area contributed by atoms with Crippen LogP contribution in [0.5, 0.6) is 0 Å². The zero-order valence-corrected chi connectivity index (χ0v) is 10.8. The molecule has 0 bridgehead atoms. The number of nitrogens with one attached hydrogen (secondary N) is 1. The summed E-state index contributed by atoms with van der Waals surface area (Å²) in [6.45, 7) is 0.252.